The van der Waals surface area contributed by atoms with E-state index in [4.69, 9.17) is 0 Å². The van der Waals surface area contributed by atoms with Crippen molar-refractivity contribution in [3.05, 3.63) is 35.5 Å². The first-order valence-electron chi connectivity index (χ1n) is 8.37. The van der Waals surface area contributed by atoms with Gasteiger partial charge in [-0.15, -0.1) is 0 Å². The van der Waals surface area contributed by atoms with E-state index in [2.05, 4.69) is 46.4 Å². The molecule has 0 radical (unpaired) electrons. The molecule has 0 spiro atoms. The second-order valence-corrected chi connectivity index (χ2v) is 7.61. The number of carbonyl (C=O) groups is 2. The van der Waals surface area contributed by atoms with Gasteiger partial charge < -0.3 is 0 Å². The molecule has 2 heteroatoms. The fraction of sp³-hybridized carbons (Fsp3) is 0.600. The zero-order chi connectivity index (χ0) is 16.5. The summed E-state index contributed by atoms with van der Waals surface area (Å²) in [5.41, 5.74) is 2.61. The van der Waals surface area contributed by atoms with E-state index in [9.17, 15) is 9.59 Å². The summed E-state index contributed by atoms with van der Waals surface area (Å²) in [7, 11) is 0. The Hall–Kier alpha value is -1.44. The monoisotopic (exact) mass is 300 g/mol. The van der Waals surface area contributed by atoms with E-state index < -0.39 is 0 Å². The summed E-state index contributed by atoms with van der Waals surface area (Å²) in [6.45, 7) is 12.6. The quantitative estimate of drug-likeness (QED) is 0.534. The van der Waals surface area contributed by atoms with Gasteiger partial charge in [0.15, 0.2) is 0 Å². The maximum atomic E-state index is 11.7. The molecular formula is C20H28O2. The Bertz CT molecular complexity index is 538. The largest absolute Gasteiger partial charge is 0.298 e. The molecule has 0 bridgehead atoms. The summed E-state index contributed by atoms with van der Waals surface area (Å²) in [6.07, 6.45) is 9.37. The number of hydrogen-bond acceptors (Lipinski definition) is 2. The first-order valence-corrected chi connectivity index (χ1v) is 8.37. The average molecular weight is 300 g/mol. The molecule has 120 valence electrons. The van der Waals surface area contributed by atoms with E-state index in [0.29, 0.717) is 17.8 Å². The van der Waals surface area contributed by atoms with Crippen LogP contribution >= 0.6 is 0 Å². The zero-order valence-electron chi connectivity index (χ0n) is 14.3. The highest BCUT2D eigenvalue weighted by Crippen LogP contribution is 2.50. The molecule has 2 nitrogen and oxygen atoms in total. The maximum Gasteiger partial charge on any atom is 0.147 e. The van der Waals surface area contributed by atoms with Crippen molar-refractivity contribution in [3.63, 3.8) is 0 Å². The third kappa shape index (κ3) is 2.88. The highest BCUT2D eigenvalue weighted by molar-refractivity contribution is 5.80. The standard InChI is InChI=1S/C20H28O2/c1-13(2)16-8-9-20(5,19(16)12-22)10-18-14(3)6-7-17(18)15(4)11-21/h8-9,11-14,17-18H,4,6-7,10H2,1-3,5H3/t14-,17+,18-,20+/m1/s1. The van der Waals surface area contributed by atoms with Crippen LogP contribution in [0.4, 0.5) is 0 Å². The summed E-state index contributed by atoms with van der Waals surface area (Å²) in [5.74, 6) is 1.63. The second-order valence-electron chi connectivity index (χ2n) is 7.61. The predicted octanol–water partition coefficient (Wildman–Crippen LogP) is 4.52. The van der Waals surface area contributed by atoms with Gasteiger partial charge in [0.1, 0.15) is 12.6 Å². The van der Waals surface area contributed by atoms with Gasteiger partial charge in [-0.2, -0.15) is 0 Å². The van der Waals surface area contributed by atoms with Crippen molar-refractivity contribution in [1.82, 2.24) is 0 Å². The van der Waals surface area contributed by atoms with Crippen LogP contribution in [-0.4, -0.2) is 12.6 Å². The van der Waals surface area contributed by atoms with E-state index in [0.717, 1.165) is 48.6 Å². The van der Waals surface area contributed by atoms with Crippen molar-refractivity contribution in [2.75, 3.05) is 0 Å². The molecule has 1 saturated carbocycles. The van der Waals surface area contributed by atoms with E-state index in [1.165, 1.54) is 0 Å². The molecule has 0 amide bonds. The molecule has 0 unspecified atom stereocenters. The number of carbonyl (C=O) groups excluding carboxylic acids is 2. The molecular weight excluding hydrogens is 272 g/mol. The fourth-order valence-corrected chi connectivity index (χ4v) is 4.32. The number of rotatable bonds is 6. The first kappa shape index (κ1) is 16.9. The highest BCUT2D eigenvalue weighted by atomic mass is 16.1. The molecule has 0 aromatic rings. The lowest BCUT2D eigenvalue weighted by molar-refractivity contribution is -0.106. The van der Waals surface area contributed by atoms with E-state index in [-0.39, 0.29) is 11.3 Å². The highest BCUT2D eigenvalue weighted by Gasteiger charge is 2.42. The Balaban J connectivity index is 2.28. The van der Waals surface area contributed by atoms with Crippen LogP contribution < -0.4 is 0 Å². The molecule has 1 fully saturated rings. The Morgan fingerprint density at radius 3 is 2.64 bits per heavy atom. The van der Waals surface area contributed by atoms with Crippen molar-refractivity contribution in [1.29, 1.82) is 0 Å². The van der Waals surface area contributed by atoms with Gasteiger partial charge in [-0.1, -0.05) is 46.4 Å². The van der Waals surface area contributed by atoms with Gasteiger partial charge in [-0.05, 0) is 54.1 Å². The van der Waals surface area contributed by atoms with Gasteiger partial charge in [0, 0.05) is 11.0 Å². The summed E-state index contributed by atoms with van der Waals surface area (Å²) >= 11 is 0. The molecule has 4 atom stereocenters. The van der Waals surface area contributed by atoms with Gasteiger partial charge in [-0.3, -0.25) is 9.59 Å². The van der Waals surface area contributed by atoms with Crippen molar-refractivity contribution >= 4 is 12.6 Å². The van der Waals surface area contributed by atoms with Crippen molar-refractivity contribution in [2.45, 2.75) is 47.0 Å². The van der Waals surface area contributed by atoms with Crippen LogP contribution in [0, 0.1) is 29.1 Å². The minimum Gasteiger partial charge on any atom is -0.298 e. The van der Waals surface area contributed by atoms with Crippen molar-refractivity contribution in [3.8, 4) is 0 Å². The van der Waals surface area contributed by atoms with Crippen LogP contribution in [0.5, 0.6) is 0 Å². The van der Waals surface area contributed by atoms with Crippen LogP contribution in [0.25, 0.3) is 0 Å². The molecule has 0 aromatic heterocycles. The van der Waals surface area contributed by atoms with Gasteiger partial charge in [0.2, 0.25) is 0 Å². The summed E-state index contributed by atoms with van der Waals surface area (Å²) in [5, 5.41) is 0. The predicted molar refractivity (Wildman–Crippen MR) is 90.4 cm³/mol. The lowest BCUT2D eigenvalue weighted by Crippen LogP contribution is -2.26. The van der Waals surface area contributed by atoms with Gasteiger partial charge in [0.05, 0.1) is 0 Å². The van der Waals surface area contributed by atoms with Crippen LogP contribution in [0.1, 0.15) is 47.0 Å². The van der Waals surface area contributed by atoms with E-state index >= 15 is 0 Å². The molecule has 0 heterocycles. The number of allylic oxidation sites excluding steroid dienone is 5. The van der Waals surface area contributed by atoms with Crippen LogP contribution in [-0.2, 0) is 9.59 Å². The Kier molecular flexibility index (Phi) is 4.89. The zero-order valence-corrected chi connectivity index (χ0v) is 14.3. The first-order chi connectivity index (χ1) is 10.3. The molecule has 22 heavy (non-hydrogen) atoms. The van der Waals surface area contributed by atoms with Gasteiger partial charge >= 0.3 is 0 Å². The maximum absolute atomic E-state index is 11.7. The summed E-state index contributed by atoms with van der Waals surface area (Å²) in [4.78, 5) is 22.8. The third-order valence-electron chi connectivity index (χ3n) is 5.77. The third-order valence-corrected chi connectivity index (χ3v) is 5.77. The van der Waals surface area contributed by atoms with Gasteiger partial charge in [0.25, 0.3) is 0 Å². The van der Waals surface area contributed by atoms with E-state index in [1.54, 1.807) is 0 Å². The second kappa shape index (κ2) is 6.36. The molecule has 2 aliphatic carbocycles. The Morgan fingerprint density at radius 2 is 2.09 bits per heavy atom. The average Bonchev–Trinajstić information content (AvgIpc) is 2.99. The van der Waals surface area contributed by atoms with Crippen molar-refractivity contribution < 1.29 is 9.59 Å². The Labute approximate surface area is 134 Å². The molecule has 0 N–H and O–H groups in total. The number of hydrogen-bond donors (Lipinski definition) is 0. The molecule has 0 aromatic carbocycles. The smallest absolute Gasteiger partial charge is 0.147 e. The SMILES string of the molecule is C=C(C=O)[C@@H]1CC[C@@H](C)[C@H]1C[C@]1(C)C=CC(C(C)C)=C1C=O. The Morgan fingerprint density at radius 1 is 1.41 bits per heavy atom. The normalized spacial score (nSPS) is 34.5. The van der Waals surface area contributed by atoms with Crippen LogP contribution in [0.15, 0.2) is 35.5 Å². The minimum absolute atomic E-state index is 0.202. The van der Waals surface area contributed by atoms with Gasteiger partial charge in [-0.25, -0.2) is 0 Å². The van der Waals surface area contributed by atoms with Crippen LogP contribution in [0.2, 0.25) is 0 Å². The molecule has 0 saturated heterocycles. The molecule has 2 rings (SSSR count). The van der Waals surface area contributed by atoms with E-state index in [1.807, 2.05) is 0 Å². The lowest BCUT2D eigenvalue weighted by atomic mass is 9.70. The van der Waals surface area contributed by atoms with Crippen LogP contribution in [0.3, 0.4) is 0 Å². The molecule has 0 aliphatic heterocycles. The summed E-state index contributed by atoms with van der Waals surface area (Å²) < 4.78 is 0. The fourth-order valence-electron chi connectivity index (χ4n) is 4.32. The topological polar surface area (TPSA) is 34.1 Å². The lowest BCUT2D eigenvalue weighted by Gasteiger charge is -2.33. The molecule has 2 aliphatic rings. The number of aldehydes is 2. The van der Waals surface area contributed by atoms with Crippen molar-refractivity contribution in [2.24, 2.45) is 29.1 Å². The minimum atomic E-state index is -0.202. The summed E-state index contributed by atoms with van der Waals surface area (Å²) in [6, 6.07) is 0.